The van der Waals surface area contributed by atoms with Crippen LogP contribution in [0, 0.1) is 12.7 Å². The predicted molar refractivity (Wildman–Crippen MR) is 70.2 cm³/mol. The van der Waals surface area contributed by atoms with E-state index in [1.807, 2.05) is 0 Å². The molecule has 0 aliphatic heterocycles. The lowest BCUT2D eigenvalue weighted by Gasteiger charge is -2.22. The number of carbonyl (C=O) groups is 1. The molecule has 0 unspecified atom stereocenters. The number of aryl methyl sites for hydroxylation is 1. The number of halogens is 1. The maximum absolute atomic E-state index is 13.3. The van der Waals surface area contributed by atoms with Crippen molar-refractivity contribution in [2.75, 3.05) is 5.32 Å². The summed E-state index contributed by atoms with van der Waals surface area (Å²) in [6, 6.07) is 4.72. The van der Waals surface area contributed by atoms with Gasteiger partial charge in [-0.2, -0.15) is 0 Å². The van der Waals surface area contributed by atoms with Crippen molar-refractivity contribution in [3.8, 4) is 0 Å². The van der Waals surface area contributed by atoms with Crippen LogP contribution in [-0.2, 0) is 0 Å². The van der Waals surface area contributed by atoms with Crippen LogP contribution in [0.4, 0.5) is 14.9 Å². The number of rotatable bonds is 2. The summed E-state index contributed by atoms with van der Waals surface area (Å²) in [5.41, 5.74) is 1.07. The number of carbonyl (C=O) groups excluding carboxylic acids is 1. The molecule has 1 aromatic rings. The number of benzene rings is 1. The largest absolute Gasteiger partial charge is 0.335 e. The second kappa shape index (κ2) is 5.85. The third-order valence-electron chi connectivity index (χ3n) is 3.37. The van der Waals surface area contributed by atoms with E-state index >= 15 is 0 Å². The van der Waals surface area contributed by atoms with E-state index in [-0.39, 0.29) is 17.9 Å². The Labute approximate surface area is 107 Å². The molecule has 18 heavy (non-hydrogen) atoms. The van der Waals surface area contributed by atoms with Crippen LogP contribution in [0.1, 0.15) is 37.7 Å². The van der Waals surface area contributed by atoms with Crippen LogP contribution in [0.5, 0.6) is 0 Å². The Morgan fingerprint density at radius 2 is 2.00 bits per heavy atom. The van der Waals surface area contributed by atoms with Crippen molar-refractivity contribution in [3.63, 3.8) is 0 Å². The fraction of sp³-hybridized carbons (Fsp3) is 0.500. The van der Waals surface area contributed by atoms with Gasteiger partial charge < -0.3 is 10.6 Å². The Kier molecular flexibility index (Phi) is 4.18. The zero-order chi connectivity index (χ0) is 13.0. The molecule has 1 aliphatic rings. The number of hydrogen-bond donors (Lipinski definition) is 2. The third-order valence-corrected chi connectivity index (χ3v) is 3.37. The molecular formula is C14H19FN2O. The van der Waals surface area contributed by atoms with Crippen molar-refractivity contribution < 1.29 is 9.18 Å². The van der Waals surface area contributed by atoms with Crippen molar-refractivity contribution in [2.24, 2.45) is 0 Å². The zero-order valence-electron chi connectivity index (χ0n) is 10.6. The molecule has 0 saturated heterocycles. The molecule has 3 nitrogen and oxygen atoms in total. The summed E-state index contributed by atoms with van der Waals surface area (Å²) in [6.45, 7) is 1.70. The molecule has 0 bridgehead atoms. The number of hydrogen-bond acceptors (Lipinski definition) is 1. The minimum Gasteiger partial charge on any atom is -0.335 e. The molecule has 98 valence electrons. The number of amides is 2. The zero-order valence-corrected chi connectivity index (χ0v) is 10.6. The SMILES string of the molecule is Cc1ccc(NC(=O)NC2CCCCC2)cc1F. The highest BCUT2D eigenvalue weighted by Crippen LogP contribution is 2.18. The van der Waals surface area contributed by atoms with Crippen LogP contribution in [0.3, 0.4) is 0 Å². The molecule has 1 aliphatic carbocycles. The van der Waals surface area contributed by atoms with E-state index in [4.69, 9.17) is 0 Å². The van der Waals surface area contributed by atoms with E-state index in [0.717, 1.165) is 12.8 Å². The second-order valence-corrected chi connectivity index (χ2v) is 4.90. The average molecular weight is 250 g/mol. The fourth-order valence-electron chi connectivity index (χ4n) is 2.27. The molecule has 0 spiro atoms. The molecule has 1 fully saturated rings. The van der Waals surface area contributed by atoms with Gasteiger partial charge in [0.1, 0.15) is 5.82 Å². The minimum atomic E-state index is -0.300. The quantitative estimate of drug-likeness (QED) is 0.827. The number of nitrogens with one attached hydrogen (secondary N) is 2. The standard InChI is InChI=1S/C14H19FN2O/c1-10-7-8-12(9-13(10)15)17-14(18)16-11-5-3-2-4-6-11/h7-9,11H,2-6H2,1H3,(H2,16,17,18). The van der Waals surface area contributed by atoms with Gasteiger partial charge in [0.2, 0.25) is 0 Å². The molecule has 1 aromatic carbocycles. The van der Waals surface area contributed by atoms with Crippen LogP contribution in [0.15, 0.2) is 18.2 Å². The van der Waals surface area contributed by atoms with Crippen LogP contribution >= 0.6 is 0 Å². The maximum atomic E-state index is 13.3. The van der Waals surface area contributed by atoms with Crippen molar-refractivity contribution in [1.82, 2.24) is 5.32 Å². The lowest BCUT2D eigenvalue weighted by atomic mass is 9.96. The second-order valence-electron chi connectivity index (χ2n) is 4.90. The summed E-state index contributed by atoms with van der Waals surface area (Å²) in [4.78, 5) is 11.7. The minimum absolute atomic E-state index is 0.245. The Morgan fingerprint density at radius 1 is 1.28 bits per heavy atom. The van der Waals surface area contributed by atoms with Crippen LogP contribution in [0.25, 0.3) is 0 Å². The fourth-order valence-corrected chi connectivity index (χ4v) is 2.27. The first kappa shape index (κ1) is 12.9. The van der Waals surface area contributed by atoms with Crippen LogP contribution < -0.4 is 10.6 Å². The smallest absolute Gasteiger partial charge is 0.319 e. The van der Waals surface area contributed by atoms with E-state index in [0.29, 0.717) is 11.3 Å². The molecule has 0 heterocycles. The molecule has 0 radical (unpaired) electrons. The third kappa shape index (κ3) is 3.45. The van der Waals surface area contributed by atoms with Crippen LogP contribution in [0.2, 0.25) is 0 Å². The van der Waals surface area contributed by atoms with Crippen LogP contribution in [-0.4, -0.2) is 12.1 Å². The van der Waals surface area contributed by atoms with E-state index in [1.165, 1.54) is 25.3 Å². The first-order valence-corrected chi connectivity index (χ1v) is 6.49. The molecule has 2 rings (SSSR count). The van der Waals surface area contributed by atoms with Gasteiger partial charge in [-0.15, -0.1) is 0 Å². The van der Waals surface area contributed by atoms with Gasteiger partial charge >= 0.3 is 6.03 Å². The van der Waals surface area contributed by atoms with Gasteiger partial charge in [0.05, 0.1) is 0 Å². The van der Waals surface area contributed by atoms with Gasteiger partial charge in [0, 0.05) is 11.7 Å². The van der Waals surface area contributed by atoms with Crippen molar-refractivity contribution >= 4 is 11.7 Å². The van der Waals surface area contributed by atoms with Crippen molar-refractivity contribution in [3.05, 3.63) is 29.6 Å². The molecule has 1 saturated carbocycles. The Morgan fingerprint density at radius 3 is 2.67 bits per heavy atom. The predicted octanol–water partition coefficient (Wildman–Crippen LogP) is 3.59. The topological polar surface area (TPSA) is 41.1 Å². The van der Waals surface area contributed by atoms with Gasteiger partial charge in [0.25, 0.3) is 0 Å². The highest BCUT2D eigenvalue weighted by molar-refractivity contribution is 5.89. The van der Waals surface area contributed by atoms with Gasteiger partial charge in [-0.05, 0) is 37.5 Å². The summed E-state index contributed by atoms with van der Waals surface area (Å²) in [5.74, 6) is -0.300. The van der Waals surface area contributed by atoms with Gasteiger partial charge in [0.15, 0.2) is 0 Å². The van der Waals surface area contributed by atoms with Gasteiger partial charge in [-0.1, -0.05) is 25.3 Å². The summed E-state index contributed by atoms with van der Waals surface area (Å²) < 4.78 is 13.3. The van der Waals surface area contributed by atoms with Crippen molar-refractivity contribution in [2.45, 2.75) is 45.1 Å². The highest BCUT2D eigenvalue weighted by Gasteiger charge is 2.15. The van der Waals surface area contributed by atoms with Gasteiger partial charge in [-0.3, -0.25) is 0 Å². The normalized spacial score (nSPS) is 16.3. The molecule has 0 atom stereocenters. The molecule has 0 aromatic heterocycles. The Balaban J connectivity index is 1.88. The summed E-state index contributed by atoms with van der Waals surface area (Å²) in [6.07, 6.45) is 5.67. The van der Waals surface area contributed by atoms with E-state index in [1.54, 1.807) is 19.1 Å². The first-order valence-electron chi connectivity index (χ1n) is 6.49. The summed E-state index contributed by atoms with van der Waals surface area (Å²) in [5, 5.41) is 5.60. The lowest BCUT2D eigenvalue weighted by Crippen LogP contribution is -2.39. The average Bonchev–Trinajstić information content (AvgIpc) is 2.35. The number of anilines is 1. The van der Waals surface area contributed by atoms with Gasteiger partial charge in [-0.25, -0.2) is 9.18 Å². The molecule has 2 amide bonds. The Hall–Kier alpha value is -1.58. The summed E-state index contributed by atoms with van der Waals surface area (Å²) in [7, 11) is 0. The van der Waals surface area contributed by atoms with E-state index < -0.39 is 0 Å². The monoisotopic (exact) mass is 250 g/mol. The lowest BCUT2D eigenvalue weighted by molar-refractivity contribution is 0.244. The Bertz CT molecular complexity index is 428. The number of urea groups is 1. The van der Waals surface area contributed by atoms with E-state index in [9.17, 15) is 9.18 Å². The molecule has 2 N–H and O–H groups in total. The van der Waals surface area contributed by atoms with Crippen molar-refractivity contribution in [1.29, 1.82) is 0 Å². The molecular weight excluding hydrogens is 231 g/mol. The summed E-state index contributed by atoms with van der Waals surface area (Å²) >= 11 is 0. The molecule has 4 heteroatoms. The highest BCUT2D eigenvalue weighted by atomic mass is 19.1. The maximum Gasteiger partial charge on any atom is 0.319 e. The first-order chi connectivity index (χ1) is 8.65. The van der Waals surface area contributed by atoms with E-state index in [2.05, 4.69) is 10.6 Å².